The molecule has 0 saturated heterocycles. The lowest BCUT2D eigenvalue weighted by molar-refractivity contribution is -0.132. The van der Waals surface area contributed by atoms with Crippen molar-refractivity contribution in [2.24, 2.45) is 11.3 Å². The summed E-state index contributed by atoms with van der Waals surface area (Å²) in [5.41, 5.74) is 1.54. The summed E-state index contributed by atoms with van der Waals surface area (Å²) in [6, 6.07) is 3.97. The van der Waals surface area contributed by atoms with Gasteiger partial charge in [-0.05, 0) is 25.3 Å². The molecule has 1 rings (SSSR count). The first kappa shape index (κ1) is 12.2. The number of nitrogens with one attached hydrogen (secondary N) is 1. The van der Waals surface area contributed by atoms with Gasteiger partial charge >= 0.3 is 0 Å². The Morgan fingerprint density at radius 2 is 2.40 bits per heavy atom. The molecule has 15 heavy (non-hydrogen) atoms. The molecule has 0 bridgehead atoms. The predicted octanol–water partition coefficient (Wildman–Crippen LogP) is 1.28. The van der Waals surface area contributed by atoms with Crippen LogP contribution in [-0.2, 0) is 16.1 Å². The van der Waals surface area contributed by atoms with Crippen LogP contribution < -0.4 is 11.3 Å². The van der Waals surface area contributed by atoms with Crippen LogP contribution in [0, 0.1) is 5.41 Å². The van der Waals surface area contributed by atoms with Crippen molar-refractivity contribution >= 4 is 17.2 Å². The van der Waals surface area contributed by atoms with Crippen molar-refractivity contribution in [1.29, 1.82) is 0 Å². The Kier molecular flexibility index (Phi) is 4.26. The van der Waals surface area contributed by atoms with E-state index < -0.39 is 5.41 Å². The summed E-state index contributed by atoms with van der Waals surface area (Å²) in [5.74, 6) is 4.86. The number of amides is 1. The average Bonchev–Trinajstić information content (AvgIpc) is 2.69. The summed E-state index contributed by atoms with van der Waals surface area (Å²) in [6.07, 6.45) is 0. The molecule has 0 spiro atoms. The van der Waals surface area contributed by atoms with Crippen LogP contribution in [0.3, 0.4) is 0 Å². The molecule has 1 amide bonds. The highest BCUT2D eigenvalue weighted by molar-refractivity contribution is 7.09. The Balaban J connectivity index is 2.33. The lowest BCUT2D eigenvalue weighted by Crippen LogP contribution is -2.43. The van der Waals surface area contributed by atoms with E-state index in [1.807, 2.05) is 17.5 Å². The van der Waals surface area contributed by atoms with Crippen LogP contribution in [0.25, 0.3) is 0 Å². The third-order valence-electron chi connectivity index (χ3n) is 2.03. The zero-order valence-corrected chi connectivity index (χ0v) is 9.76. The van der Waals surface area contributed by atoms with Gasteiger partial charge in [-0.25, -0.2) is 5.84 Å². The quantitative estimate of drug-likeness (QED) is 0.453. The molecule has 0 saturated carbocycles. The molecular formula is C10H16N2O2S. The van der Waals surface area contributed by atoms with Gasteiger partial charge in [0.2, 0.25) is 5.91 Å². The number of nitrogens with two attached hydrogens (primary N) is 1. The zero-order chi connectivity index (χ0) is 11.3. The van der Waals surface area contributed by atoms with Crippen LogP contribution in [0.2, 0.25) is 0 Å². The third kappa shape index (κ3) is 3.62. The lowest BCUT2D eigenvalue weighted by atomic mass is 9.94. The van der Waals surface area contributed by atoms with E-state index in [2.05, 4.69) is 5.43 Å². The van der Waals surface area contributed by atoms with Gasteiger partial charge in [-0.2, -0.15) is 0 Å². The maximum absolute atomic E-state index is 11.3. The van der Waals surface area contributed by atoms with E-state index in [1.54, 1.807) is 25.2 Å². The first-order valence-electron chi connectivity index (χ1n) is 4.67. The predicted molar refractivity (Wildman–Crippen MR) is 60.1 cm³/mol. The Morgan fingerprint density at radius 1 is 1.67 bits per heavy atom. The van der Waals surface area contributed by atoms with Gasteiger partial charge in [0.05, 0.1) is 18.6 Å². The molecule has 0 aliphatic heterocycles. The smallest absolute Gasteiger partial charge is 0.241 e. The minimum absolute atomic E-state index is 0.214. The molecule has 0 unspecified atom stereocenters. The minimum Gasteiger partial charge on any atom is -0.375 e. The van der Waals surface area contributed by atoms with Gasteiger partial charge in [0.25, 0.3) is 0 Å². The van der Waals surface area contributed by atoms with Crippen molar-refractivity contribution < 1.29 is 9.53 Å². The fraction of sp³-hybridized carbons (Fsp3) is 0.500. The molecule has 1 aromatic heterocycles. The van der Waals surface area contributed by atoms with Crippen molar-refractivity contribution in [2.75, 3.05) is 6.61 Å². The maximum atomic E-state index is 11.3. The van der Waals surface area contributed by atoms with Crippen LogP contribution in [0.1, 0.15) is 18.7 Å². The third-order valence-corrected chi connectivity index (χ3v) is 2.88. The normalized spacial score (nSPS) is 11.4. The van der Waals surface area contributed by atoms with Crippen LogP contribution in [0.4, 0.5) is 0 Å². The molecule has 0 aliphatic rings. The molecule has 1 aromatic rings. The highest BCUT2D eigenvalue weighted by atomic mass is 32.1. The molecular weight excluding hydrogens is 212 g/mol. The number of carbonyl (C=O) groups excluding carboxylic acids is 1. The second kappa shape index (κ2) is 5.25. The molecule has 0 fully saturated rings. The number of hydrazine groups is 1. The number of hydrogen-bond donors (Lipinski definition) is 2. The van der Waals surface area contributed by atoms with E-state index >= 15 is 0 Å². The fourth-order valence-corrected chi connectivity index (χ4v) is 1.70. The number of hydrogen-bond acceptors (Lipinski definition) is 4. The second-order valence-corrected chi connectivity index (χ2v) is 4.96. The number of rotatable bonds is 5. The van der Waals surface area contributed by atoms with Gasteiger partial charge < -0.3 is 4.74 Å². The van der Waals surface area contributed by atoms with Gasteiger partial charge in [0, 0.05) is 4.88 Å². The topological polar surface area (TPSA) is 64.3 Å². The largest absolute Gasteiger partial charge is 0.375 e. The zero-order valence-electron chi connectivity index (χ0n) is 8.95. The van der Waals surface area contributed by atoms with E-state index in [1.165, 1.54) is 0 Å². The number of ether oxygens (including phenoxy) is 1. The molecule has 0 atom stereocenters. The van der Waals surface area contributed by atoms with Crippen molar-refractivity contribution in [1.82, 2.24) is 5.43 Å². The van der Waals surface area contributed by atoms with E-state index in [-0.39, 0.29) is 5.91 Å². The van der Waals surface area contributed by atoms with Crippen LogP contribution >= 0.6 is 11.3 Å². The molecule has 84 valence electrons. The van der Waals surface area contributed by atoms with Crippen molar-refractivity contribution in [3.05, 3.63) is 22.4 Å². The standard InChI is InChI=1S/C10H16N2O2S/c1-10(2,9(13)12-11)7-14-6-8-4-3-5-15-8/h3-5H,6-7,11H2,1-2H3,(H,12,13). The lowest BCUT2D eigenvalue weighted by Gasteiger charge is -2.21. The highest BCUT2D eigenvalue weighted by Crippen LogP contribution is 2.17. The van der Waals surface area contributed by atoms with Gasteiger partial charge in [0.15, 0.2) is 0 Å². The Labute approximate surface area is 93.4 Å². The maximum Gasteiger partial charge on any atom is 0.241 e. The van der Waals surface area contributed by atoms with Crippen LogP contribution in [-0.4, -0.2) is 12.5 Å². The van der Waals surface area contributed by atoms with Gasteiger partial charge in [0.1, 0.15) is 0 Å². The number of thiophene rings is 1. The monoisotopic (exact) mass is 228 g/mol. The van der Waals surface area contributed by atoms with Gasteiger partial charge in [-0.3, -0.25) is 10.2 Å². The Hall–Kier alpha value is -0.910. The van der Waals surface area contributed by atoms with E-state index in [9.17, 15) is 4.79 Å². The first-order chi connectivity index (χ1) is 7.06. The van der Waals surface area contributed by atoms with Crippen molar-refractivity contribution in [3.63, 3.8) is 0 Å². The average molecular weight is 228 g/mol. The van der Waals surface area contributed by atoms with Crippen molar-refractivity contribution in [2.45, 2.75) is 20.5 Å². The Bertz CT molecular complexity index is 309. The molecule has 3 N–H and O–H groups in total. The van der Waals surface area contributed by atoms with E-state index in [4.69, 9.17) is 10.6 Å². The number of carbonyl (C=O) groups is 1. The minimum atomic E-state index is -0.591. The Morgan fingerprint density at radius 3 is 2.93 bits per heavy atom. The van der Waals surface area contributed by atoms with Crippen LogP contribution in [0.5, 0.6) is 0 Å². The first-order valence-corrected chi connectivity index (χ1v) is 5.55. The summed E-state index contributed by atoms with van der Waals surface area (Å²) in [5, 5.41) is 2.00. The van der Waals surface area contributed by atoms with Gasteiger partial charge in [-0.1, -0.05) is 6.07 Å². The summed E-state index contributed by atoms with van der Waals surface area (Å²) in [4.78, 5) is 12.5. The molecule has 4 nitrogen and oxygen atoms in total. The summed E-state index contributed by atoms with van der Waals surface area (Å²) >= 11 is 1.64. The highest BCUT2D eigenvalue weighted by Gasteiger charge is 2.27. The van der Waals surface area contributed by atoms with Crippen molar-refractivity contribution in [3.8, 4) is 0 Å². The van der Waals surface area contributed by atoms with Gasteiger partial charge in [-0.15, -0.1) is 11.3 Å². The molecule has 0 aromatic carbocycles. The summed E-state index contributed by atoms with van der Waals surface area (Å²) in [6.45, 7) is 4.49. The van der Waals surface area contributed by atoms with E-state index in [0.29, 0.717) is 13.2 Å². The SMILES string of the molecule is CC(C)(COCc1cccs1)C(=O)NN. The summed E-state index contributed by atoms with van der Waals surface area (Å²) in [7, 11) is 0. The second-order valence-electron chi connectivity index (χ2n) is 3.93. The summed E-state index contributed by atoms with van der Waals surface area (Å²) < 4.78 is 5.46. The fourth-order valence-electron chi connectivity index (χ4n) is 1.06. The molecule has 5 heteroatoms. The molecule has 0 radical (unpaired) electrons. The van der Waals surface area contributed by atoms with E-state index in [0.717, 1.165) is 4.88 Å². The molecule has 0 aliphatic carbocycles. The van der Waals surface area contributed by atoms with Crippen LogP contribution in [0.15, 0.2) is 17.5 Å². The molecule has 1 heterocycles.